The number of rotatable bonds is 4. The smallest absolute Gasteiger partial charge is 0.207 e. The highest BCUT2D eigenvalue weighted by Crippen LogP contribution is 2.44. The van der Waals surface area contributed by atoms with Crippen LogP contribution in [-0.2, 0) is 16.2 Å². The molecule has 31 heavy (non-hydrogen) atoms. The zero-order valence-electron chi connectivity index (χ0n) is 16.3. The second-order valence-electron chi connectivity index (χ2n) is 7.51. The molecule has 8 heteroatoms. The second kappa shape index (κ2) is 8.30. The first kappa shape index (κ1) is 21.9. The van der Waals surface area contributed by atoms with Gasteiger partial charge < -0.3 is 0 Å². The van der Waals surface area contributed by atoms with Gasteiger partial charge in [-0.3, -0.25) is 0 Å². The van der Waals surface area contributed by atoms with Gasteiger partial charge in [-0.2, -0.15) is 17.5 Å². The van der Waals surface area contributed by atoms with Gasteiger partial charge >= 0.3 is 6.18 Å². The van der Waals surface area contributed by atoms with Crippen LogP contribution in [0.1, 0.15) is 35.1 Å². The standard InChI is InChI=1S/C23H19ClF3NO2S/c24-20-10-6-17(7-11-20)22-14-18(16-4-2-1-3-5-16)15-28(22)31(29,30)21-12-8-19(9-13-21)23(25,26)27/h1-13,18,22H,14-15H2/t18-,22-/m1/s1. The van der Waals surface area contributed by atoms with Crippen molar-refractivity contribution in [2.45, 2.75) is 29.5 Å². The van der Waals surface area contributed by atoms with Crippen LogP contribution in [0.4, 0.5) is 13.2 Å². The molecular formula is C23H19ClF3NO2S. The Hall–Kier alpha value is -2.35. The molecule has 4 rings (SSSR count). The van der Waals surface area contributed by atoms with Crippen molar-refractivity contribution in [3.8, 4) is 0 Å². The van der Waals surface area contributed by atoms with E-state index in [2.05, 4.69) is 0 Å². The van der Waals surface area contributed by atoms with Crippen molar-refractivity contribution in [2.75, 3.05) is 6.54 Å². The first-order valence-corrected chi connectivity index (χ1v) is 11.5. The SMILES string of the molecule is O=S(=O)(c1ccc(C(F)(F)F)cc1)N1C[C@H](c2ccccc2)C[C@@H]1c1ccc(Cl)cc1. The summed E-state index contributed by atoms with van der Waals surface area (Å²) in [4.78, 5) is -0.159. The van der Waals surface area contributed by atoms with E-state index in [1.165, 1.54) is 4.31 Å². The first-order chi connectivity index (χ1) is 14.7. The molecule has 1 aliphatic heterocycles. The Morgan fingerprint density at radius 3 is 2.03 bits per heavy atom. The Balaban J connectivity index is 1.72. The lowest BCUT2D eigenvalue weighted by molar-refractivity contribution is -0.137. The molecule has 3 aromatic carbocycles. The number of alkyl halides is 3. The van der Waals surface area contributed by atoms with E-state index in [-0.39, 0.29) is 17.4 Å². The van der Waals surface area contributed by atoms with E-state index in [1.54, 1.807) is 24.3 Å². The lowest BCUT2D eigenvalue weighted by Crippen LogP contribution is -2.31. The molecule has 1 heterocycles. The van der Waals surface area contributed by atoms with Crippen molar-refractivity contribution in [3.63, 3.8) is 0 Å². The van der Waals surface area contributed by atoms with Crippen LogP contribution in [0.3, 0.4) is 0 Å². The number of halogens is 4. The Morgan fingerprint density at radius 1 is 0.839 bits per heavy atom. The zero-order chi connectivity index (χ0) is 22.2. The van der Waals surface area contributed by atoms with Crippen molar-refractivity contribution in [1.82, 2.24) is 4.31 Å². The van der Waals surface area contributed by atoms with Gasteiger partial charge in [0.05, 0.1) is 16.5 Å². The molecule has 1 aliphatic rings. The van der Waals surface area contributed by atoms with Crippen LogP contribution in [-0.4, -0.2) is 19.3 Å². The molecule has 1 saturated heterocycles. The molecule has 0 radical (unpaired) electrons. The Morgan fingerprint density at radius 2 is 1.45 bits per heavy atom. The number of sulfonamides is 1. The Labute approximate surface area is 184 Å². The summed E-state index contributed by atoms with van der Waals surface area (Å²) < 4.78 is 67.0. The quantitative estimate of drug-likeness (QED) is 0.455. The fraction of sp³-hybridized carbons (Fsp3) is 0.217. The van der Waals surface area contributed by atoms with Gasteiger partial charge in [-0.1, -0.05) is 54.1 Å². The monoisotopic (exact) mass is 465 g/mol. The molecule has 0 aromatic heterocycles. The predicted octanol–water partition coefficient (Wildman–Crippen LogP) is 6.28. The summed E-state index contributed by atoms with van der Waals surface area (Å²) in [6.07, 6.45) is -3.97. The summed E-state index contributed by atoms with van der Waals surface area (Å²) in [5.41, 5.74) is 0.925. The largest absolute Gasteiger partial charge is 0.416 e. The van der Waals surface area contributed by atoms with Crippen molar-refractivity contribution in [2.24, 2.45) is 0 Å². The van der Waals surface area contributed by atoms with Crippen LogP contribution < -0.4 is 0 Å². The molecule has 2 atom stereocenters. The van der Waals surface area contributed by atoms with Gasteiger partial charge in [0.15, 0.2) is 0 Å². The summed E-state index contributed by atoms with van der Waals surface area (Å²) in [5, 5.41) is 0.540. The molecule has 3 aromatic rings. The number of nitrogens with zero attached hydrogens (tertiary/aromatic N) is 1. The van der Waals surface area contributed by atoms with Crippen LogP contribution in [0.2, 0.25) is 5.02 Å². The summed E-state index contributed by atoms with van der Waals surface area (Å²) in [6.45, 7) is 0.237. The summed E-state index contributed by atoms with van der Waals surface area (Å²) in [5.74, 6) is -0.0360. The van der Waals surface area contributed by atoms with E-state index in [4.69, 9.17) is 11.6 Å². The minimum absolute atomic E-state index is 0.0360. The van der Waals surface area contributed by atoms with E-state index in [0.29, 0.717) is 11.4 Å². The van der Waals surface area contributed by atoms with Gasteiger partial charge in [-0.05, 0) is 59.9 Å². The number of hydrogen-bond donors (Lipinski definition) is 0. The first-order valence-electron chi connectivity index (χ1n) is 9.66. The molecule has 162 valence electrons. The maximum atomic E-state index is 13.4. The summed E-state index contributed by atoms with van der Waals surface area (Å²) >= 11 is 5.99. The summed E-state index contributed by atoms with van der Waals surface area (Å²) in [7, 11) is -4.02. The maximum Gasteiger partial charge on any atom is 0.416 e. The summed E-state index contributed by atoms with van der Waals surface area (Å²) in [6, 6.07) is 19.8. The molecule has 0 unspecified atom stereocenters. The van der Waals surface area contributed by atoms with Crippen LogP contribution in [0.5, 0.6) is 0 Å². The van der Waals surface area contributed by atoms with E-state index < -0.39 is 27.8 Å². The Kier molecular flexibility index (Phi) is 5.85. The minimum Gasteiger partial charge on any atom is -0.207 e. The molecule has 0 bridgehead atoms. The molecule has 0 amide bonds. The van der Waals surface area contributed by atoms with Crippen LogP contribution in [0, 0.1) is 0 Å². The second-order valence-corrected chi connectivity index (χ2v) is 9.83. The molecule has 0 saturated carbocycles. The minimum atomic E-state index is -4.53. The fourth-order valence-corrected chi connectivity index (χ4v) is 5.77. The molecule has 0 N–H and O–H groups in total. The van der Waals surface area contributed by atoms with Gasteiger partial charge in [0.25, 0.3) is 0 Å². The van der Waals surface area contributed by atoms with E-state index in [1.807, 2.05) is 30.3 Å². The maximum absolute atomic E-state index is 13.4. The fourth-order valence-electron chi connectivity index (χ4n) is 3.98. The van der Waals surface area contributed by atoms with Crippen LogP contribution in [0.25, 0.3) is 0 Å². The Bertz CT molecular complexity index is 1150. The molecule has 0 spiro atoms. The van der Waals surface area contributed by atoms with Gasteiger partial charge in [-0.25, -0.2) is 8.42 Å². The topological polar surface area (TPSA) is 37.4 Å². The third-order valence-electron chi connectivity index (χ3n) is 5.57. The highest BCUT2D eigenvalue weighted by atomic mass is 35.5. The molecule has 3 nitrogen and oxygen atoms in total. The van der Waals surface area contributed by atoms with Crippen LogP contribution in [0.15, 0.2) is 83.8 Å². The lowest BCUT2D eigenvalue weighted by atomic mass is 9.94. The average molecular weight is 466 g/mol. The van der Waals surface area contributed by atoms with E-state index in [9.17, 15) is 21.6 Å². The molecular weight excluding hydrogens is 447 g/mol. The van der Waals surface area contributed by atoms with Gasteiger partial charge in [0.2, 0.25) is 10.0 Å². The van der Waals surface area contributed by atoms with Crippen molar-refractivity contribution < 1.29 is 21.6 Å². The predicted molar refractivity (Wildman–Crippen MR) is 113 cm³/mol. The number of benzene rings is 3. The normalized spacial score (nSPS) is 20.1. The van der Waals surface area contributed by atoms with Crippen molar-refractivity contribution in [3.05, 3.63) is 101 Å². The highest BCUT2D eigenvalue weighted by molar-refractivity contribution is 7.89. The van der Waals surface area contributed by atoms with E-state index >= 15 is 0 Å². The average Bonchev–Trinajstić information content (AvgIpc) is 3.21. The van der Waals surface area contributed by atoms with Gasteiger partial charge in [0.1, 0.15) is 0 Å². The van der Waals surface area contributed by atoms with Gasteiger partial charge in [-0.15, -0.1) is 0 Å². The third-order valence-corrected chi connectivity index (χ3v) is 7.71. The molecule has 1 fully saturated rings. The van der Waals surface area contributed by atoms with Crippen molar-refractivity contribution in [1.29, 1.82) is 0 Å². The number of hydrogen-bond acceptors (Lipinski definition) is 2. The third kappa shape index (κ3) is 4.49. The van der Waals surface area contributed by atoms with Gasteiger partial charge in [0, 0.05) is 11.6 Å². The van der Waals surface area contributed by atoms with Crippen molar-refractivity contribution >= 4 is 21.6 Å². The highest BCUT2D eigenvalue weighted by Gasteiger charge is 2.41. The lowest BCUT2D eigenvalue weighted by Gasteiger charge is -2.24. The van der Waals surface area contributed by atoms with E-state index in [0.717, 1.165) is 35.4 Å². The zero-order valence-corrected chi connectivity index (χ0v) is 17.8. The van der Waals surface area contributed by atoms with Crippen LogP contribution >= 0.6 is 11.6 Å². The molecule has 0 aliphatic carbocycles.